The first-order chi connectivity index (χ1) is 9.48. The van der Waals surface area contributed by atoms with Gasteiger partial charge in [0.05, 0.1) is 4.92 Å². The van der Waals surface area contributed by atoms with Crippen molar-refractivity contribution in [3.63, 3.8) is 0 Å². The molecule has 1 aromatic rings. The molecule has 0 amide bonds. The maximum atomic E-state index is 10.8. The zero-order chi connectivity index (χ0) is 14.6. The van der Waals surface area contributed by atoms with E-state index in [0.717, 1.165) is 42.6 Å². The van der Waals surface area contributed by atoms with Crippen LogP contribution in [0.2, 0.25) is 0 Å². The topological polar surface area (TPSA) is 64.4 Å². The number of halogens is 1. The van der Waals surface area contributed by atoms with Crippen LogP contribution in [0.5, 0.6) is 0 Å². The van der Waals surface area contributed by atoms with Crippen molar-refractivity contribution in [2.24, 2.45) is 5.41 Å². The van der Waals surface area contributed by atoms with Gasteiger partial charge in [-0.25, -0.2) is 0 Å². The summed E-state index contributed by atoms with van der Waals surface area (Å²) in [7, 11) is 0. The summed E-state index contributed by atoms with van der Waals surface area (Å²) in [6.45, 7) is 5.43. The van der Waals surface area contributed by atoms with Gasteiger partial charge in [-0.05, 0) is 29.9 Å². The van der Waals surface area contributed by atoms with E-state index in [9.17, 15) is 10.1 Å². The SMILES string of the molecule is CC1(CNCc2cc(Br)cc([N+](=O)[O-])c2)CCOCC1. The van der Waals surface area contributed by atoms with Gasteiger partial charge in [-0.1, -0.05) is 22.9 Å². The molecule has 0 saturated carbocycles. The maximum absolute atomic E-state index is 10.8. The molecule has 1 saturated heterocycles. The Morgan fingerprint density at radius 1 is 1.40 bits per heavy atom. The maximum Gasteiger partial charge on any atom is 0.270 e. The number of hydrogen-bond acceptors (Lipinski definition) is 4. The summed E-state index contributed by atoms with van der Waals surface area (Å²) in [4.78, 5) is 10.5. The van der Waals surface area contributed by atoms with Crippen molar-refractivity contribution in [1.82, 2.24) is 5.32 Å². The molecule has 1 aliphatic rings. The largest absolute Gasteiger partial charge is 0.381 e. The van der Waals surface area contributed by atoms with Gasteiger partial charge in [0.15, 0.2) is 0 Å². The molecular formula is C14H19BrN2O3. The van der Waals surface area contributed by atoms with Crippen LogP contribution in [0.15, 0.2) is 22.7 Å². The smallest absolute Gasteiger partial charge is 0.270 e. The molecule has 1 N–H and O–H groups in total. The highest BCUT2D eigenvalue weighted by Gasteiger charge is 2.26. The van der Waals surface area contributed by atoms with E-state index in [1.54, 1.807) is 6.07 Å². The van der Waals surface area contributed by atoms with Gasteiger partial charge in [0.2, 0.25) is 0 Å². The molecular weight excluding hydrogens is 324 g/mol. The molecule has 0 atom stereocenters. The number of nitrogens with zero attached hydrogens (tertiary/aromatic N) is 1. The van der Waals surface area contributed by atoms with Gasteiger partial charge in [-0.2, -0.15) is 0 Å². The molecule has 1 fully saturated rings. The van der Waals surface area contributed by atoms with Crippen LogP contribution in [0, 0.1) is 15.5 Å². The second kappa shape index (κ2) is 6.65. The second-order valence-electron chi connectivity index (χ2n) is 5.60. The summed E-state index contributed by atoms with van der Waals surface area (Å²) in [6.07, 6.45) is 2.11. The third-order valence-corrected chi connectivity index (χ3v) is 4.19. The summed E-state index contributed by atoms with van der Waals surface area (Å²) in [5, 5.41) is 14.2. The Kier molecular flexibility index (Phi) is 5.12. The second-order valence-corrected chi connectivity index (χ2v) is 6.52. The van der Waals surface area contributed by atoms with Gasteiger partial charge >= 0.3 is 0 Å². The number of non-ortho nitro benzene ring substituents is 1. The fourth-order valence-corrected chi connectivity index (χ4v) is 2.92. The monoisotopic (exact) mass is 342 g/mol. The zero-order valence-corrected chi connectivity index (χ0v) is 13.1. The predicted octanol–water partition coefficient (Wildman–Crippen LogP) is 3.26. The van der Waals surface area contributed by atoms with Crippen LogP contribution in [-0.2, 0) is 11.3 Å². The van der Waals surface area contributed by atoms with Crippen molar-refractivity contribution < 1.29 is 9.66 Å². The van der Waals surface area contributed by atoms with Crippen LogP contribution in [0.25, 0.3) is 0 Å². The standard InChI is InChI=1S/C14H19BrN2O3/c1-14(2-4-20-5-3-14)10-16-9-11-6-12(15)8-13(7-11)17(18)19/h6-8,16H,2-5,9-10H2,1H3. The van der Waals surface area contributed by atoms with Gasteiger partial charge < -0.3 is 10.1 Å². The van der Waals surface area contributed by atoms with E-state index in [-0.39, 0.29) is 16.0 Å². The lowest BCUT2D eigenvalue weighted by Gasteiger charge is -2.33. The Labute approximate surface area is 127 Å². The quantitative estimate of drug-likeness (QED) is 0.658. The highest BCUT2D eigenvalue weighted by Crippen LogP contribution is 2.29. The zero-order valence-electron chi connectivity index (χ0n) is 11.5. The number of rotatable bonds is 5. The average molecular weight is 343 g/mol. The van der Waals surface area contributed by atoms with E-state index in [1.165, 1.54) is 6.07 Å². The van der Waals surface area contributed by atoms with Gasteiger partial charge in [-0.15, -0.1) is 0 Å². The third kappa shape index (κ3) is 4.26. The van der Waals surface area contributed by atoms with Gasteiger partial charge in [0.25, 0.3) is 5.69 Å². The van der Waals surface area contributed by atoms with Crippen molar-refractivity contribution in [2.45, 2.75) is 26.3 Å². The van der Waals surface area contributed by atoms with Gasteiger partial charge in [0.1, 0.15) is 0 Å². The minimum Gasteiger partial charge on any atom is -0.381 e. The van der Waals surface area contributed by atoms with Crippen molar-refractivity contribution in [3.05, 3.63) is 38.3 Å². The first kappa shape index (κ1) is 15.4. The van der Waals surface area contributed by atoms with Gasteiger partial charge in [0, 0.05) is 42.9 Å². The lowest BCUT2D eigenvalue weighted by Crippen LogP contribution is -2.36. The van der Waals surface area contributed by atoms with Crippen LogP contribution in [0.1, 0.15) is 25.3 Å². The Morgan fingerprint density at radius 2 is 2.10 bits per heavy atom. The van der Waals surface area contributed by atoms with Crippen molar-refractivity contribution in [2.75, 3.05) is 19.8 Å². The lowest BCUT2D eigenvalue weighted by molar-refractivity contribution is -0.385. The molecule has 1 heterocycles. The number of benzene rings is 1. The average Bonchev–Trinajstić information content (AvgIpc) is 2.38. The van der Waals surface area contributed by atoms with E-state index in [2.05, 4.69) is 28.2 Å². The molecule has 20 heavy (non-hydrogen) atoms. The molecule has 110 valence electrons. The summed E-state index contributed by atoms with van der Waals surface area (Å²) < 4.78 is 6.12. The summed E-state index contributed by atoms with van der Waals surface area (Å²) >= 11 is 3.31. The molecule has 1 aliphatic heterocycles. The van der Waals surface area contributed by atoms with E-state index in [0.29, 0.717) is 6.54 Å². The minimum absolute atomic E-state index is 0.119. The number of nitro groups is 1. The predicted molar refractivity (Wildman–Crippen MR) is 80.7 cm³/mol. The van der Waals surface area contributed by atoms with Crippen LogP contribution in [0.3, 0.4) is 0 Å². The van der Waals surface area contributed by atoms with Crippen LogP contribution in [-0.4, -0.2) is 24.7 Å². The van der Waals surface area contributed by atoms with Crippen LogP contribution >= 0.6 is 15.9 Å². The molecule has 0 radical (unpaired) electrons. The molecule has 0 bridgehead atoms. The van der Waals surface area contributed by atoms with Crippen LogP contribution < -0.4 is 5.32 Å². The van der Waals surface area contributed by atoms with Crippen LogP contribution in [0.4, 0.5) is 5.69 Å². The summed E-state index contributed by atoms with van der Waals surface area (Å²) in [5.74, 6) is 0. The summed E-state index contributed by atoms with van der Waals surface area (Å²) in [6, 6.07) is 5.04. The number of hydrogen-bond donors (Lipinski definition) is 1. The Bertz CT molecular complexity index is 487. The van der Waals surface area contributed by atoms with Crippen molar-refractivity contribution >= 4 is 21.6 Å². The lowest BCUT2D eigenvalue weighted by atomic mass is 9.82. The van der Waals surface area contributed by atoms with E-state index < -0.39 is 0 Å². The highest BCUT2D eigenvalue weighted by atomic mass is 79.9. The molecule has 0 aromatic heterocycles. The van der Waals surface area contributed by atoms with Crippen molar-refractivity contribution in [3.8, 4) is 0 Å². The summed E-state index contributed by atoms with van der Waals surface area (Å²) in [5.41, 5.74) is 1.30. The van der Waals surface area contributed by atoms with E-state index >= 15 is 0 Å². The molecule has 0 aliphatic carbocycles. The number of ether oxygens (including phenoxy) is 1. The number of nitrogens with one attached hydrogen (secondary N) is 1. The van der Waals surface area contributed by atoms with E-state index in [4.69, 9.17) is 4.74 Å². The first-order valence-electron chi connectivity index (χ1n) is 6.71. The fourth-order valence-electron chi connectivity index (χ4n) is 2.39. The molecule has 0 spiro atoms. The van der Waals surface area contributed by atoms with Crippen molar-refractivity contribution in [1.29, 1.82) is 0 Å². The van der Waals surface area contributed by atoms with Gasteiger partial charge in [-0.3, -0.25) is 10.1 Å². The molecule has 5 nitrogen and oxygen atoms in total. The third-order valence-electron chi connectivity index (χ3n) is 3.73. The molecule has 0 unspecified atom stereocenters. The first-order valence-corrected chi connectivity index (χ1v) is 7.50. The highest BCUT2D eigenvalue weighted by molar-refractivity contribution is 9.10. The molecule has 2 rings (SSSR count). The van der Waals surface area contributed by atoms with E-state index in [1.807, 2.05) is 6.07 Å². The normalized spacial score (nSPS) is 17.9. The fraction of sp³-hybridized carbons (Fsp3) is 0.571. The Morgan fingerprint density at radius 3 is 2.75 bits per heavy atom. The number of nitro benzene ring substituents is 1. The minimum atomic E-state index is -0.367. The molecule has 1 aromatic carbocycles. The Hall–Kier alpha value is -0.980. The Balaban J connectivity index is 1.92. The molecule has 6 heteroatoms.